The number of hydrogen-bond acceptors (Lipinski definition) is 3. The third kappa shape index (κ3) is 20.0. The average Bonchev–Trinajstić information content (AvgIpc) is 2.61. The van der Waals surface area contributed by atoms with Crippen molar-refractivity contribution < 1.29 is 45.7 Å². The van der Waals surface area contributed by atoms with Gasteiger partial charge in [0.25, 0.3) is 0 Å². The van der Waals surface area contributed by atoms with E-state index < -0.39 is 12.0 Å². The van der Waals surface area contributed by atoms with Crippen LogP contribution in [0.1, 0.15) is 98.2 Å². The van der Waals surface area contributed by atoms with Crippen LogP contribution in [0, 0.1) is 0 Å². The van der Waals surface area contributed by atoms with Crippen LogP contribution in [-0.2, 0) is 9.59 Å². The minimum absolute atomic E-state index is 0. The van der Waals surface area contributed by atoms with E-state index in [-0.39, 0.29) is 42.9 Å². The van der Waals surface area contributed by atoms with Crippen molar-refractivity contribution in [3.05, 3.63) is 0 Å². The Hall–Kier alpha value is -0.790. The van der Waals surface area contributed by atoms with Gasteiger partial charge in [-0.1, -0.05) is 71.1 Å². The van der Waals surface area contributed by atoms with Crippen molar-refractivity contribution in [1.82, 2.24) is 5.32 Å². The molecular weight excluding hydrogens is 367 g/mol. The number of hydrogen-bond donors (Lipinski definition) is 4. The van der Waals surface area contributed by atoms with Gasteiger partial charge in [0.1, 0.15) is 6.04 Å². The van der Waals surface area contributed by atoms with E-state index in [1.807, 2.05) is 0 Å². The molecule has 0 heterocycles. The number of unbranched alkanes of at least 4 members (excludes halogenated alkanes) is 10. The molecule has 0 aliphatic rings. The van der Waals surface area contributed by atoms with Gasteiger partial charge in [0, 0.05) is 13.0 Å². The summed E-state index contributed by atoms with van der Waals surface area (Å²) in [4.78, 5) is 27.0. The van der Waals surface area contributed by atoms with Crippen molar-refractivity contribution in [3.63, 3.8) is 0 Å². The molecule has 8 heteroatoms. The van der Waals surface area contributed by atoms with E-state index >= 15 is 0 Å². The number of guanidine groups is 1. The first-order valence-electron chi connectivity index (χ1n) is 10.5. The van der Waals surface area contributed by atoms with Gasteiger partial charge >= 0.3 is 35.5 Å². The number of rotatable bonds is 18. The standard InChI is InChI=1S/C20H40N4O3.Na.H/c1-2-3-4-5-6-7-8-9-10-11-12-15-18(25)24-17(19(26)27)14-13-16-23-20(21)22;;/h17H,2-16H2,1H3,(H,24,25)(H,26,27)(H4,21,22,23);;/q;+1;-1. The smallest absolute Gasteiger partial charge is 1.00 e. The molecule has 0 fully saturated rings. The fourth-order valence-electron chi connectivity index (χ4n) is 2.98. The molecule has 160 valence electrons. The summed E-state index contributed by atoms with van der Waals surface area (Å²) >= 11 is 0. The molecule has 1 atom stereocenters. The summed E-state index contributed by atoms with van der Waals surface area (Å²) in [6.45, 7) is 2.60. The number of nitrogens with one attached hydrogen (secondary N) is 1. The van der Waals surface area contributed by atoms with Crippen LogP contribution < -0.4 is 46.3 Å². The van der Waals surface area contributed by atoms with Gasteiger partial charge in [0.2, 0.25) is 5.91 Å². The number of carboxylic acids is 1. The minimum atomic E-state index is -1.02. The molecule has 0 aliphatic carbocycles. The summed E-state index contributed by atoms with van der Waals surface area (Å²) < 4.78 is 0. The van der Waals surface area contributed by atoms with Gasteiger partial charge < -0.3 is 23.3 Å². The van der Waals surface area contributed by atoms with Gasteiger partial charge in [-0.05, 0) is 19.3 Å². The van der Waals surface area contributed by atoms with E-state index in [4.69, 9.17) is 11.5 Å². The molecular formula is C20H41N4NaO3. The molecule has 7 nitrogen and oxygen atoms in total. The second-order valence-corrected chi connectivity index (χ2v) is 7.19. The molecule has 0 saturated carbocycles. The maximum atomic E-state index is 11.9. The molecule has 1 unspecified atom stereocenters. The van der Waals surface area contributed by atoms with Crippen molar-refractivity contribution in [2.24, 2.45) is 16.5 Å². The zero-order chi connectivity index (χ0) is 20.3. The quantitative estimate of drug-likeness (QED) is 0.113. The van der Waals surface area contributed by atoms with Crippen LogP contribution in [-0.4, -0.2) is 35.5 Å². The van der Waals surface area contributed by atoms with Crippen LogP contribution in [0.25, 0.3) is 0 Å². The first kappa shape index (κ1) is 29.4. The van der Waals surface area contributed by atoms with E-state index in [1.165, 1.54) is 51.4 Å². The Kier molecular flexibility index (Phi) is 22.0. The van der Waals surface area contributed by atoms with Crippen LogP contribution >= 0.6 is 0 Å². The molecule has 0 aliphatic heterocycles. The number of carbonyl (C=O) groups excluding carboxylic acids is 1. The molecule has 0 bridgehead atoms. The molecule has 1 amide bonds. The normalized spacial score (nSPS) is 11.3. The summed E-state index contributed by atoms with van der Waals surface area (Å²) in [5, 5.41) is 11.8. The molecule has 0 aromatic heterocycles. The van der Waals surface area contributed by atoms with Crippen molar-refractivity contribution in [1.29, 1.82) is 0 Å². The van der Waals surface area contributed by atoms with Crippen LogP contribution in [0.5, 0.6) is 0 Å². The maximum absolute atomic E-state index is 11.9. The first-order chi connectivity index (χ1) is 13.0. The first-order valence-corrected chi connectivity index (χ1v) is 10.5. The monoisotopic (exact) mass is 408 g/mol. The fourth-order valence-corrected chi connectivity index (χ4v) is 2.98. The number of carboxylic acid groups (broad SMARTS) is 1. The van der Waals surface area contributed by atoms with E-state index in [0.29, 0.717) is 25.8 Å². The average molecular weight is 409 g/mol. The molecule has 0 spiro atoms. The molecule has 0 aromatic rings. The Bertz CT molecular complexity index is 436. The summed E-state index contributed by atoms with van der Waals surface area (Å²) in [7, 11) is 0. The van der Waals surface area contributed by atoms with Crippen molar-refractivity contribution in [2.45, 2.75) is 103 Å². The molecule has 0 radical (unpaired) electrons. The zero-order valence-electron chi connectivity index (χ0n) is 19.0. The molecule has 0 aromatic carbocycles. The second-order valence-electron chi connectivity index (χ2n) is 7.19. The SMILES string of the molecule is CCCCCCCCCCCCCC(=O)NC(CCCN=C(N)N)C(=O)O.[H-].[Na+]. The third-order valence-corrected chi connectivity index (χ3v) is 4.59. The van der Waals surface area contributed by atoms with Crippen molar-refractivity contribution in [2.75, 3.05) is 6.54 Å². The van der Waals surface area contributed by atoms with E-state index in [0.717, 1.165) is 19.3 Å². The van der Waals surface area contributed by atoms with Gasteiger partial charge in [-0.25, -0.2) is 4.79 Å². The summed E-state index contributed by atoms with van der Waals surface area (Å²) in [6.07, 6.45) is 14.7. The molecule has 6 N–H and O–H groups in total. The number of aliphatic carboxylic acids is 1. The minimum Gasteiger partial charge on any atom is -1.00 e. The molecule has 28 heavy (non-hydrogen) atoms. The largest absolute Gasteiger partial charge is 1.00 e. The van der Waals surface area contributed by atoms with Crippen LogP contribution in [0.4, 0.5) is 0 Å². The Morgan fingerprint density at radius 3 is 1.89 bits per heavy atom. The predicted octanol–water partition coefficient (Wildman–Crippen LogP) is 0.427. The summed E-state index contributed by atoms with van der Waals surface area (Å²) in [5.74, 6) is -1.23. The second kappa shape index (κ2) is 20.9. The number of amides is 1. The number of carbonyl (C=O) groups is 2. The van der Waals surface area contributed by atoms with Gasteiger partial charge in [-0.2, -0.15) is 0 Å². The molecule has 0 saturated heterocycles. The van der Waals surface area contributed by atoms with Gasteiger partial charge in [-0.15, -0.1) is 0 Å². The van der Waals surface area contributed by atoms with Gasteiger partial charge in [0.05, 0.1) is 0 Å². The van der Waals surface area contributed by atoms with E-state index in [9.17, 15) is 14.7 Å². The Balaban J connectivity index is -0.00000338. The van der Waals surface area contributed by atoms with E-state index in [1.54, 1.807) is 0 Å². The number of nitrogens with two attached hydrogens (primary N) is 2. The maximum Gasteiger partial charge on any atom is 1.00 e. The van der Waals surface area contributed by atoms with Crippen LogP contribution in [0.15, 0.2) is 4.99 Å². The van der Waals surface area contributed by atoms with Crippen LogP contribution in [0.3, 0.4) is 0 Å². The van der Waals surface area contributed by atoms with Gasteiger partial charge in [0.15, 0.2) is 5.96 Å². The van der Waals surface area contributed by atoms with Crippen molar-refractivity contribution in [3.8, 4) is 0 Å². The predicted molar refractivity (Wildman–Crippen MR) is 112 cm³/mol. The Morgan fingerprint density at radius 1 is 0.929 bits per heavy atom. The fraction of sp³-hybridized carbons (Fsp3) is 0.850. The van der Waals surface area contributed by atoms with Gasteiger partial charge in [-0.3, -0.25) is 9.79 Å². The van der Waals surface area contributed by atoms with Crippen molar-refractivity contribution >= 4 is 17.8 Å². The Labute approximate surface area is 194 Å². The summed E-state index contributed by atoms with van der Waals surface area (Å²) in [6, 6.07) is -0.876. The summed E-state index contributed by atoms with van der Waals surface area (Å²) in [5.41, 5.74) is 10.4. The topological polar surface area (TPSA) is 131 Å². The van der Waals surface area contributed by atoms with Crippen LogP contribution in [0.2, 0.25) is 0 Å². The Morgan fingerprint density at radius 2 is 1.43 bits per heavy atom. The number of nitrogens with zero attached hydrogens (tertiary/aromatic N) is 1. The number of aliphatic imine (C=N–C) groups is 1. The molecule has 0 rings (SSSR count). The zero-order valence-corrected chi connectivity index (χ0v) is 20.0. The third-order valence-electron chi connectivity index (χ3n) is 4.59. The van der Waals surface area contributed by atoms with E-state index in [2.05, 4.69) is 17.2 Å².